The van der Waals surface area contributed by atoms with Crippen molar-refractivity contribution in [2.24, 2.45) is 5.92 Å². The van der Waals surface area contributed by atoms with Crippen molar-refractivity contribution < 1.29 is 14.4 Å². The van der Waals surface area contributed by atoms with E-state index in [-0.39, 0.29) is 23.6 Å². The van der Waals surface area contributed by atoms with Crippen LogP contribution in [-0.4, -0.2) is 42.3 Å². The van der Waals surface area contributed by atoms with Crippen LogP contribution in [0.3, 0.4) is 0 Å². The van der Waals surface area contributed by atoms with Crippen LogP contribution in [0.25, 0.3) is 0 Å². The lowest BCUT2D eigenvalue weighted by Gasteiger charge is -2.32. The predicted molar refractivity (Wildman–Crippen MR) is 92.6 cm³/mol. The number of nitrogens with one attached hydrogen (secondary N) is 2. The molecule has 3 amide bonds. The Hall–Kier alpha value is -2.63. The van der Waals surface area contributed by atoms with Crippen molar-refractivity contribution in [3.05, 3.63) is 42.5 Å². The van der Waals surface area contributed by atoms with E-state index in [1.807, 2.05) is 0 Å². The summed E-state index contributed by atoms with van der Waals surface area (Å²) in [6, 6.07) is 6.78. The van der Waals surface area contributed by atoms with E-state index in [2.05, 4.69) is 17.2 Å². The van der Waals surface area contributed by atoms with E-state index in [1.54, 1.807) is 35.2 Å². The molecule has 0 aliphatic carbocycles. The molecule has 2 N–H and O–H groups in total. The van der Waals surface area contributed by atoms with Gasteiger partial charge in [0.2, 0.25) is 11.8 Å². The Labute approximate surface area is 141 Å². The number of carbonyl (C=O) groups excluding carboxylic acids is 3. The molecule has 6 nitrogen and oxygen atoms in total. The Morgan fingerprint density at radius 3 is 2.62 bits per heavy atom. The minimum atomic E-state index is -0.179. The quantitative estimate of drug-likeness (QED) is 0.809. The van der Waals surface area contributed by atoms with Crippen LogP contribution < -0.4 is 10.6 Å². The van der Waals surface area contributed by atoms with Gasteiger partial charge in [0.25, 0.3) is 5.91 Å². The average molecular weight is 329 g/mol. The molecule has 0 spiro atoms. The molecule has 1 fully saturated rings. The van der Waals surface area contributed by atoms with Crippen molar-refractivity contribution in [2.45, 2.75) is 19.8 Å². The van der Waals surface area contributed by atoms with Crippen LogP contribution in [0.2, 0.25) is 0 Å². The molecule has 1 atom stereocenters. The standard InChI is InChI=1S/C18H23N3O3/c1-3-10-19-17(23)15-5-4-11-21(12-15)18(24)14-6-8-16(9-7-14)20-13(2)22/h3,6-9,15H,1,4-5,10-12H2,2H3,(H,19,23)(H,20,22)/t15-/m1/s1. The SMILES string of the molecule is C=CCNC(=O)[C@@H]1CCCN(C(=O)c2ccc(NC(C)=O)cc2)C1. The second-order valence-electron chi connectivity index (χ2n) is 5.88. The Balaban J connectivity index is 1.99. The number of hydrogen-bond acceptors (Lipinski definition) is 3. The minimum Gasteiger partial charge on any atom is -0.352 e. The van der Waals surface area contributed by atoms with Crippen molar-refractivity contribution in [2.75, 3.05) is 25.0 Å². The zero-order valence-corrected chi connectivity index (χ0v) is 13.9. The second kappa shape index (κ2) is 8.29. The number of amides is 3. The van der Waals surface area contributed by atoms with Gasteiger partial charge in [0, 0.05) is 37.8 Å². The van der Waals surface area contributed by atoms with E-state index in [9.17, 15) is 14.4 Å². The van der Waals surface area contributed by atoms with Crippen LogP contribution in [0.15, 0.2) is 36.9 Å². The first-order chi connectivity index (χ1) is 11.5. The Morgan fingerprint density at radius 1 is 1.29 bits per heavy atom. The van der Waals surface area contributed by atoms with E-state index in [0.29, 0.717) is 30.9 Å². The van der Waals surface area contributed by atoms with Crippen molar-refractivity contribution in [1.29, 1.82) is 0 Å². The van der Waals surface area contributed by atoms with Gasteiger partial charge in [-0.1, -0.05) is 6.08 Å². The van der Waals surface area contributed by atoms with Gasteiger partial charge < -0.3 is 15.5 Å². The summed E-state index contributed by atoms with van der Waals surface area (Å²) in [7, 11) is 0. The maximum atomic E-state index is 12.6. The van der Waals surface area contributed by atoms with Gasteiger partial charge in [-0.2, -0.15) is 0 Å². The summed E-state index contributed by atoms with van der Waals surface area (Å²) in [5.41, 5.74) is 1.20. The Kier molecular flexibility index (Phi) is 6.12. The molecule has 1 heterocycles. The molecule has 128 valence electrons. The molecule has 0 bridgehead atoms. The maximum Gasteiger partial charge on any atom is 0.253 e. The van der Waals surface area contributed by atoms with Gasteiger partial charge in [-0.15, -0.1) is 6.58 Å². The highest BCUT2D eigenvalue weighted by Gasteiger charge is 2.28. The monoisotopic (exact) mass is 329 g/mol. The first kappa shape index (κ1) is 17.7. The third kappa shape index (κ3) is 4.68. The van der Waals surface area contributed by atoms with Crippen LogP contribution >= 0.6 is 0 Å². The van der Waals surface area contributed by atoms with Crippen LogP contribution in [0.5, 0.6) is 0 Å². The molecule has 0 unspecified atom stereocenters. The van der Waals surface area contributed by atoms with Gasteiger partial charge in [0.15, 0.2) is 0 Å². The first-order valence-corrected chi connectivity index (χ1v) is 8.07. The lowest BCUT2D eigenvalue weighted by Crippen LogP contribution is -2.45. The lowest BCUT2D eigenvalue weighted by atomic mass is 9.96. The van der Waals surface area contributed by atoms with Gasteiger partial charge >= 0.3 is 0 Å². The van der Waals surface area contributed by atoms with Gasteiger partial charge in [0.05, 0.1) is 5.92 Å². The highest BCUT2D eigenvalue weighted by molar-refractivity contribution is 5.96. The molecule has 1 aromatic carbocycles. The van der Waals surface area contributed by atoms with Gasteiger partial charge in [0.1, 0.15) is 0 Å². The van der Waals surface area contributed by atoms with Gasteiger partial charge in [-0.25, -0.2) is 0 Å². The highest BCUT2D eigenvalue weighted by atomic mass is 16.2. The predicted octanol–water partition coefficient (Wildman–Crippen LogP) is 1.80. The zero-order chi connectivity index (χ0) is 17.5. The van der Waals surface area contributed by atoms with Crippen molar-refractivity contribution in [3.63, 3.8) is 0 Å². The first-order valence-electron chi connectivity index (χ1n) is 8.07. The minimum absolute atomic E-state index is 0.0339. The topological polar surface area (TPSA) is 78.5 Å². The van der Waals surface area contributed by atoms with E-state index < -0.39 is 0 Å². The summed E-state index contributed by atoms with van der Waals surface area (Å²) in [5.74, 6) is -0.459. The van der Waals surface area contributed by atoms with Crippen LogP contribution in [0.4, 0.5) is 5.69 Å². The van der Waals surface area contributed by atoms with E-state index in [1.165, 1.54) is 6.92 Å². The fraction of sp³-hybridized carbons (Fsp3) is 0.389. The van der Waals surface area contributed by atoms with E-state index in [0.717, 1.165) is 12.8 Å². The number of anilines is 1. The molecule has 1 aliphatic heterocycles. The van der Waals surface area contributed by atoms with Gasteiger partial charge in [-0.3, -0.25) is 14.4 Å². The number of rotatable bonds is 5. The average Bonchev–Trinajstić information content (AvgIpc) is 2.59. The normalized spacial score (nSPS) is 17.0. The molecule has 24 heavy (non-hydrogen) atoms. The number of hydrogen-bond donors (Lipinski definition) is 2. The second-order valence-corrected chi connectivity index (χ2v) is 5.88. The third-order valence-corrected chi connectivity index (χ3v) is 3.95. The van der Waals surface area contributed by atoms with Crippen LogP contribution in [0, 0.1) is 5.92 Å². The summed E-state index contributed by atoms with van der Waals surface area (Å²) in [5, 5.41) is 5.46. The van der Waals surface area contributed by atoms with Crippen molar-refractivity contribution in [3.8, 4) is 0 Å². The number of likely N-dealkylation sites (tertiary alicyclic amines) is 1. The van der Waals surface area contributed by atoms with Crippen molar-refractivity contribution >= 4 is 23.4 Å². The van der Waals surface area contributed by atoms with E-state index >= 15 is 0 Å². The number of benzene rings is 1. The van der Waals surface area contributed by atoms with Crippen molar-refractivity contribution in [1.82, 2.24) is 10.2 Å². The Bertz CT molecular complexity index is 625. The van der Waals surface area contributed by atoms with E-state index in [4.69, 9.17) is 0 Å². The summed E-state index contributed by atoms with van der Waals surface area (Å²) in [4.78, 5) is 37.4. The zero-order valence-electron chi connectivity index (χ0n) is 13.9. The summed E-state index contributed by atoms with van der Waals surface area (Å²) < 4.78 is 0. The molecule has 0 aromatic heterocycles. The fourth-order valence-electron chi connectivity index (χ4n) is 2.77. The number of carbonyl (C=O) groups is 3. The summed E-state index contributed by atoms with van der Waals surface area (Å²) in [6.07, 6.45) is 3.23. The largest absolute Gasteiger partial charge is 0.352 e. The lowest BCUT2D eigenvalue weighted by molar-refractivity contribution is -0.126. The fourth-order valence-corrected chi connectivity index (χ4v) is 2.77. The number of nitrogens with zero attached hydrogens (tertiary/aromatic N) is 1. The summed E-state index contributed by atoms with van der Waals surface area (Å²) in [6.45, 7) is 6.53. The molecule has 1 aliphatic rings. The molecule has 2 rings (SSSR count). The highest BCUT2D eigenvalue weighted by Crippen LogP contribution is 2.19. The molecular formula is C18H23N3O3. The molecule has 1 aromatic rings. The maximum absolute atomic E-state index is 12.6. The molecule has 1 saturated heterocycles. The molecule has 0 radical (unpaired) electrons. The molecular weight excluding hydrogens is 306 g/mol. The molecule has 6 heteroatoms. The van der Waals surface area contributed by atoms with Crippen LogP contribution in [-0.2, 0) is 9.59 Å². The number of piperidine rings is 1. The molecule has 0 saturated carbocycles. The summed E-state index contributed by atoms with van der Waals surface area (Å²) >= 11 is 0. The Morgan fingerprint density at radius 2 is 2.00 bits per heavy atom. The van der Waals surface area contributed by atoms with Gasteiger partial charge in [-0.05, 0) is 37.1 Å². The smallest absolute Gasteiger partial charge is 0.253 e. The van der Waals surface area contributed by atoms with Crippen LogP contribution in [0.1, 0.15) is 30.1 Å². The third-order valence-electron chi connectivity index (χ3n) is 3.95.